The van der Waals surface area contributed by atoms with Gasteiger partial charge < -0.3 is 14.7 Å². The van der Waals surface area contributed by atoms with Gasteiger partial charge in [0.2, 0.25) is 11.9 Å². The summed E-state index contributed by atoms with van der Waals surface area (Å²) in [5.74, 6) is 2.14. The third-order valence-electron chi connectivity index (χ3n) is 4.48. The van der Waals surface area contributed by atoms with E-state index in [1.807, 2.05) is 12.3 Å². The van der Waals surface area contributed by atoms with Crippen LogP contribution in [0.1, 0.15) is 12.8 Å². The molecular weight excluding hydrogens is 292 g/mol. The Morgan fingerprint density at radius 1 is 0.783 bits per heavy atom. The lowest BCUT2D eigenvalue weighted by atomic mass is 10.3. The Bertz CT molecular complexity index is 642. The average molecular weight is 314 g/mol. The van der Waals surface area contributed by atoms with Crippen molar-refractivity contribution in [3.8, 4) is 5.95 Å². The largest absolute Gasteiger partial charge is 0.341 e. The third-order valence-corrected chi connectivity index (χ3v) is 4.48. The number of hydrogen-bond acceptors (Lipinski definition) is 7. The summed E-state index contributed by atoms with van der Waals surface area (Å²) in [6.07, 6.45) is 6.02. The zero-order valence-corrected chi connectivity index (χ0v) is 13.5. The van der Waals surface area contributed by atoms with E-state index in [0.717, 1.165) is 51.2 Å². The smallest absolute Gasteiger partial charge is 0.257 e. The van der Waals surface area contributed by atoms with Crippen molar-refractivity contribution in [1.29, 1.82) is 0 Å². The van der Waals surface area contributed by atoms with E-state index < -0.39 is 0 Å². The van der Waals surface area contributed by atoms with Gasteiger partial charge in [-0.1, -0.05) is 0 Å². The summed E-state index contributed by atoms with van der Waals surface area (Å²) in [4.78, 5) is 20.8. The zero-order chi connectivity index (χ0) is 15.6. The molecule has 8 nitrogen and oxygen atoms in total. The lowest BCUT2D eigenvalue weighted by Crippen LogP contribution is -2.45. The molecule has 2 aliphatic rings. The lowest BCUT2D eigenvalue weighted by molar-refractivity contribution is 0.311. The summed E-state index contributed by atoms with van der Waals surface area (Å²) in [6, 6.07) is 1.88. The van der Waals surface area contributed by atoms with E-state index >= 15 is 0 Å². The minimum absolute atomic E-state index is 0.598. The molecule has 2 fully saturated rings. The molecule has 2 aliphatic heterocycles. The van der Waals surface area contributed by atoms with E-state index in [4.69, 9.17) is 4.98 Å². The van der Waals surface area contributed by atoms with Crippen LogP contribution in [0.2, 0.25) is 0 Å². The molecule has 122 valence electrons. The van der Waals surface area contributed by atoms with Crippen molar-refractivity contribution in [2.75, 3.05) is 56.1 Å². The molecule has 0 aromatic carbocycles. The van der Waals surface area contributed by atoms with Crippen LogP contribution in [0.4, 0.5) is 11.9 Å². The Hall–Kier alpha value is -2.22. The van der Waals surface area contributed by atoms with E-state index in [1.165, 1.54) is 12.8 Å². The Labute approximate surface area is 135 Å². The van der Waals surface area contributed by atoms with Crippen LogP contribution in [0.15, 0.2) is 18.5 Å². The van der Waals surface area contributed by atoms with Crippen LogP contribution in [-0.2, 0) is 0 Å². The molecule has 4 heterocycles. The Kier molecular flexibility index (Phi) is 3.82. The second-order valence-electron chi connectivity index (χ2n) is 6.17. The Morgan fingerprint density at radius 2 is 1.39 bits per heavy atom. The average Bonchev–Trinajstić information content (AvgIpc) is 3.29. The maximum Gasteiger partial charge on any atom is 0.257 e. The normalized spacial score (nSPS) is 19.5. The molecule has 8 heteroatoms. The first kappa shape index (κ1) is 14.4. The molecular formula is C15H22N8. The van der Waals surface area contributed by atoms with Gasteiger partial charge in [0.05, 0.1) is 0 Å². The van der Waals surface area contributed by atoms with Gasteiger partial charge >= 0.3 is 0 Å². The fourth-order valence-corrected chi connectivity index (χ4v) is 3.04. The fraction of sp³-hybridized carbons (Fsp3) is 0.600. The van der Waals surface area contributed by atoms with Gasteiger partial charge in [-0.25, -0.2) is 4.68 Å². The summed E-state index contributed by atoms with van der Waals surface area (Å²) in [7, 11) is 2.15. The first-order valence-corrected chi connectivity index (χ1v) is 8.24. The summed E-state index contributed by atoms with van der Waals surface area (Å²) >= 11 is 0. The monoisotopic (exact) mass is 314 g/mol. The summed E-state index contributed by atoms with van der Waals surface area (Å²) < 4.78 is 1.71. The van der Waals surface area contributed by atoms with E-state index in [2.05, 4.69) is 36.8 Å². The molecule has 0 amide bonds. The van der Waals surface area contributed by atoms with Gasteiger partial charge in [-0.05, 0) is 26.0 Å². The number of likely N-dealkylation sites (N-methyl/N-ethyl adjacent to an activating group) is 1. The molecule has 2 aromatic rings. The number of aromatic nitrogens is 5. The van der Waals surface area contributed by atoms with Crippen LogP contribution in [0, 0.1) is 0 Å². The molecule has 4 rings (SSSR count). The van der Waals surface area contributed by atoms with E-state index in [9.17, 15) is 0 Å². The molecule has 0 bridgehead atoms. The van der Waals surface area contributed by atoms with Crippen LogP contribution < -0.4 is 9.80 Å². The summed E-state index contributed by atoms with van der Waals surface area (Å²) in [5, 5.41) is 4.27. The number of nitrogens with zero attached hydrogens (tertiary/aromatic N) is 8. The standard InChI is InChI=1S/C15H22N8/c1-20-9-11-22(12-10-20)14-17-13(21-6-2-3-7-21)18-15(19-14)23-8-4-5-16-23/h4-5,8H,2-3,6-7,9-12H2,1H3. The first-order valence-electron chi connectivity index (χ1n) is 8.24. The lowest BCUT2D eigenvalue weighted by Gasteiger charge is -2.32. The Morgan fingerprint density at radius 3 is 2.00 bits per heavy atom. The maximum absolute atomic E-state index is 4.74. The van der Waals surface area contributed by atoms with Gasteiger partial charge in [0.1, 0.15) is 0 Å². The van der Waals surface area contributed by atoms with Gasteiger partial charge in [-0.15, -0.1) is 0 Å². The summed E-state index contributed by atoms with van der Waals surface area (Å²) in [5.41, 5.74) is 0. The second kappa shape index (κ2) is 6.11. The van der Waals surface area contributed by atoms with Crippen molar-refractivity contribution in [2.24, 2.45) is 0 Å². The number of piperazine rings is 1. The minimum atomic E-state index is 0.598. The van der Waals surface area contributed by atoms with E-state index in [0.29, 0.717) is 5.95 Å². The molecule has 0 atom stereocenters. The van der Waals surface area contributed by atoms with Crippen LogP contribution >= 0.6 is 0 Å². The molecule has 2 saturated heterocycles. The summed E-state index contributed by atoms with van der Waals surface area (Å²) in [6.45, 7) is 5.98. The number of hydrogen-bond donors (Lipinski definition) is 0. The second-order valence-corrected chi connectivity index (χ2v) is 6.17. The van der Waals surface area contributed by atoms with Crippen molar-refractivity contribution < 1.29 is 0 Å². The molecule has 23 heavy (non-hydrogen) atoms. The van der Waals surface area contributed by atoms with E-state index in [-0.39, 0.29) is 0 Å². The van der Waals surface area contributed by atoms with Crippen molar-refractivity contribution in [3.63, 3.8) is 0 Å². The Balaban J connectivity index is 1.69. The molecule has 0 spiro atoms. The van der Waals surface area contributed by atoms with Gasteiger partial charge in [0.15, 0.2) is 0 Å². The fourth-order valence-electron chi connectivity index (χ4n) is 3.04. The minimum Gasteiger partial charge on any atom is -0.341 e. The number of rotatable bonds is 3. The molecule has 0 aliphatic carbocycles. The van der Waals surface area contributed by atoms with Crippen LogP contribution in [0.5, 0.6) is 0 Å². The first-order chi connectivity index (χ1) is 11.3. The molecule has 0 saturated carbocycles. The van der Waals surface area contributed by atoms with Crippen molar-refractivity contribution in [3.05, 3.63) is 18.5 Å². The highest BCUT2D eigenvalue weighted by Gasteiger charge is 2.22. The maximum atomic E-state index is 4.74. The molecule has 2 aromatic heterocycles. The van der Waals surface area contributed by atoms with Crippen molar-refractivity contribution in [2.45, 2.75) is 12.8 Å². The molecule has 0 unspecified atom stereocenters. The molecule has 0 radical (unpaired) electrons. The van der Waals surface area contributed by atoms with Gasteiger partial charge in [0.25, 0.3) is 5.95 Å². The molecule has 0 N–H and O–H groups in total. The van der Waals surface area contributed by atoms with Crippen LogP contribution in [-0.4, -0.2) is 75.9 Å². The zero-order valence-electron chi connectivity index (χ0n) is 13.5. The SMILES string of the molecule is CN1CCN(c2nc(N3CCCC3)nc(-n3cccn3)n2)CC1. The van der Waals surface area contributed by atoms with Crippen LogP contribution in [0.3, 0.4) is 0 Å². The van der Waals surface area contributed by atoms with Crippen molar-refractivity contribution in [1.82, 2.24) is 29.6 Å². The van der Waals surface area contributed by atoms with Crippen LogP contribution in [0.25, 0.3) is 5.95 Å². The van der Waals surface area contributed by atoms with Crippen molar-refractivity contribution >= 4 is 11.9 Å². The van der Waals surface area contributed by atoms with E-state index in [1.54, 1.807) is 10.9 Å². The topological polar surface area (TPSA) is 66.2 Å². The quantitative estimate of drug-likeness (QED) is 0.813. The predicted octanol–water partition coefficient (Wildman–Crippen LogP) is 0.409. The highest BCUT2D eigenvalue weighted by molar-refractivity contribution is 5.42. The van der Waals surface area contributed by atoms with Gasteiger partial charge in [-0.2, -0.15) is 20.1 Å². The highest BCUT2D eigenvalue weighted by Crippen LogP contribution is 2.20. The highest BCUT2D eigenvalue weighted by atomic mass is 15.4. The third kappa shape index (κ3) is 2.98. The van der Waals surface area contributed by atoms with Gasteiger partial charge in [-0.3, -0.25) is 0 Å². The predicted molar refractivity (Wildman–Crippen MR) is 88.1 cm³/mol. The number of anilines is 2. The van der Waals surface area contributed by atoms with Gasteiger partial charge in [0, 0.05) is 51.7 Å².